The van der Waals surface area contributed by atoms with Gasteiger partial charge in [-0.3, -0.25) is 4.79 Å². The molecule has 0 aliphatic heterocycles. The summed E-state index contributed by atoms with van der Waals surface area (Å²) in [5.74, 6) is 1.09. The summed E-state index contributed by atoms with van der Waals surface area (Å²) in [6.07, 6.45) is 0.132. The SMILES string of the molecule is COc1ccccc1NC(=O)Cc1cc(-c2ccc(C)cc2)on1. The van der Waals surface area contributed by atoms with Gasteiger partial charge in [-0.2, -0.15) is 0 Å². The molecule has 3 aromatic rings. The Kier molecular flexibility index (Phi) is 4.61. The van der Waals surface area contributed by atoms with Gasteiger partial charge in [0.05, 0.1) is 24.9 Å². The molecule has 1 heterocycles. The number of rotatable bonds is 5. The number of carbonyl (C=O) groups is 1. The maximum absolute atomic E-state index is 12.2. The fourth-order valence-corrected chi connectivity index (χ4v) is 2.36. The molecule has 1 amide bonds. The molecule has 0 radical (unpaired) electrons. The van der Waals surface area contributed by atoms with Crippen LogP contribution in [-0.4, -0.2) is 18.2 Å². The fraction of sp³-hybridized carbons (Fsp3) is 0.158. The number of ether oxygens (including phenoxy) is 1. The van der Waals surface area contributed by atoms with Gasteiger partial charge in [0.2, 0.25) is 5.91 Å². The van der Waals surface area contributed by atoms with Crippen molar-refractivity contribution < 1.29 is 14.1 Å². The largest absolute Gasteiger partial charge is 0.495 e. The number of carbonyl (C=O) groups excluding carboxylic acids is 1. The van der Waals surface area contributed by atoms with Crippen molar-refractivity contribution in [3.63, 3.8) is 0 Å². The Balaban J connectivity index is 1.68. The van der Waals surface area contributed by atoms with E-state index in [1.54, 1.807) is 25.3 Å². The molecule has 0 fully saturated rings. The summed E-state index contributed by atoms with van der Waals surface area (Å²) in [7, 11) is 1.57. The summed E-state index contributed by atoms with van der Waals surface area (Å²) < 4.78 is 10.6. The quantitative estimate of drug-likeness (QED) is 0.775. The summed E-state index contributed by atoms with van der Waals surface area (Å²) in [5.41, 5.74) is 3.32. The summed E-state index contributed by atoms with van der Waals surface area (Å²) in [6, 6.07) is 17.0. The summed E-state index contributed by atoms with van der Waals surface area (Å²) in [6.45, 7) is 2.03. The highest BCUT2D eigenvalue weighted by Gasteiger charge is 2.12. The van der Waals surface area contributed by atoms with Crippen LogP contribution in [0.2, 0.25) is 0 Å². The summed E-state index contributed by atoms with van der Waals surface area (Å²) >= 11 is 0. The first-order chi connectivity index (χ1) is 11.7. The first kappa shape index (κ1) is 15.8. The van der Waals surface area contributed by atoms with E-state index in [4.69, 9.17) is 9.26 Å². The van der Waals surface area contributed by atoms with E-state index >= 15 is 0 Å². The second kappa shape index (κ2) is 7.00. The maximum Gasteiger partial charge on any atom is 0.230 e. The minimum Gasteiger partial charge on any atom is -0.495 e. The number of nitrogens with one attached hydrogen (secondary N) is 1. The van der Waals surface area contributed by atoms with E-state index in [0.717, 1.165) is 5.56 Å². The molecule has 0 spiro atoms. The molecule has 5 nitrogen and oxygen atoms in total. The van der Waals surface area contributed by atoms with Crippen LogP contribution in [0.5, 0.6) is 5.75 Å². The number of amides is 1. The van der Waals surface area contributed by atoms with Crippen molar-refractivity contribution in [3.05, 3.63) is 65.9 Å². The summed E-state index contributed by atoms with van der Waals surface area (Å²) in [4.78, 5) is 12.2. The predicted molar refractivity (Wildman–Crippen MR) is 92.0 cm³/mol. The molecule has 2 aromatic carbocycles. The number of anilines is 1. The van der Waals surface area contributed by atoms with Crippen LogP contribution in [0.15, 0.2) is 59.1 Å². The van der Waals surface area contributed by atoms with Crippen molar-refractivity contribution in [3.8, 4) is 17.1 Å². The molecular formula is C19H18N2O3. The highest BCUT2D eigenvalue weighted by atomic mass is 16.5. The molecule has 1 aromatic heterocycles. The van der Waals surface area contributed by atoms with E-state index in [0.29, 0.717) is 22.9 Å². The van der Waals surface area contributed by atoms with E-state index in [-0.39, 0.29) is 12.3 Å². The van der Waals surface area contributed by atoms with Gasteiger partial charge in [0.15, 0.2) is 5.76 Å². The minimum atomic E-state index is -0.178. The molecule has 0 bridgehead atoms. The monoisotopic (exact) mass is 322 g/mol. The minimum absolute atomic E-state index is 0.132. The van der Waals surface area contributed by atoms with Crippen molar-refractivity contribution in [1.82, 2.24) is 5.16 Å². The molecule has 0 aliphatic carbocycles. The van der Waals surface area contributed by atoms with Crippen molar-refractivity contribution >= 4 is 11.6 Å². The molecule has 24 heavy (non-hydrogen) atoms. The van der Waals surface area contributed by atoms with Gasteiger partial charge in [-0.05, 0) is 19.1 Å². The number of nitrogens with zero attached hydrogens (tertiary/aromatic N) is 1. The van der Waals surface area contributed by atoms with Crippen LogP contribution >= 0.6 is 0 Å². The van der Waals surface area contributed by atoms with Gasteiger partial charge in [-0.15, -0.1) is 0 Å². The van der Waals surface area contributed by atoms with Gasteiger partial charge in [0.25, 0.3) is 0 Å². The fourth-order valence-electron chi connectivity index (χ4n) is 2.36. The van der Waals surface area contributed by atoms with Crippen LogP contribution < -0.4 is 10.1 Å². The molecule has 5 heteroatoms. The number of para-hydroxylation sites is 2. The molecule has 0 atom stereocenters. The Hall–Kier alpha value is -3.08. The normalized spacial score (nSPS) is 10.4. The van der Waals surface area contributed by atoms with Crippen LogP contribution in [0.1, 0.15) is 11.3 Å². The van der Waals surface area contributed by atoms with Crippen molar-refractivity contribution in [2.75, 3.05) is 12.4 Å². The van der Waals surface area contributed by atoms with Gasteiger partial charge < -0.3 is 14.6 Å². The lowest BCUT2D eigenvalue weighted by atomic mass is 10.1. The zero-order valence-electron chi connectivity index (χ0n) is 13.6. The third-order valence-corrected chi connectivity index (χ3v) is 3.62. The second-order valence-corrected chi connectivity index (χ2v) is 5.47. The van der Waals surface area contributed by atoms with E-state index < -0.39 is 0 Å². The number of methoxy groups -OCH3 is 1. The number of hydrogen-bond donors (Lipinski definition) is 1. The van der Waals surface area contributed by atoms with Gasteiger partial charge in [-0.1, -0.05) is 47.1 Å². The van der Waals surface area contributed by atoms with Gasteiger partial charge in [0, 0.05) is 11.6 Å². The lowest BCUT2D eigenvalue weighted by molar-refractivity contribution is -0.115. The van der Waals surface area contributed by atoms with Gasteiger partial charge >= 0.3 is 0 Å². The van der Waals surface area contributed by atoms with Crippen molar-refractivity contribution in [2.45, 2.75) is 13.3 Å². The van der Waals surface area contributed by atoms with Crippen LogP contribution in [0.4, 0.5) is 5.69 Å². The zero-order valence-corrected chi connectivity index (χ0v) is 13.6. The average Bonchev–Trinajstić information content (AvgIpc) is 3.04. The third kappa shape index (κ3) is 3.63. The average molecular weight is 322 g/mol. The van der Waals surface area contributed by atoms with Gasteiger partial charge in [-0.25, -0.2) is 0 Å². The van der Waals surface area contributed by atoms with Crippen LogP contribution in [0.25, 0.3) is 11.3 Å². The maximum atomic E-state index is 12.2. The lowest BCUT2D eigenvalue weighted by Gasteiger charge is -2.08. The smallest absolute Gasteiger partial charge is 0.230 e. The van der Waals surface area contributed by atoms with Crippen LogP contribution in [0, 0.1) is 6.92 Å². The molecule has 0 aliphatic rings. The number of aryl methyl sites for hydroxylation is 1. The Morgan fingerprint density at radius 3 is 2.67 bits per heavy atom. The van der Waals surface area contributed by atoms with Crippen molar-refractivity contribution in [1.29, 1.82) is 0 Å². The van der Waals surface area contributed by atoms with E-state index in [9.17, 15) is 4.79 Å². The Morgan fingerprint density at radius 2 is 1.92 bits per heavy atom. The topological polar surface area (TPSA) is 64.4 Å². The standard InChI is InChI=1S/C19H18N2O3/c1-13-7-9-14(10-8-13)18-11-15(21-24-18)12-19(22)20-16-5-3-4-6-17(16)23-2/h3-11H,12H2,1-2H3,(H,20,22). The first-order valence-corrected chi connectivity index (χ1v) is 7.61. The third-order valence-electron chi connectivity index (χ3n) is 3.62. The van der Waals surface area contributed by atoms with Gasteiger partial charge in [0.1, 0.15) is 5.75 Å². The highest BCUT2D eigenvalue weighted by Crippen LogP contribution is 2.24. The van der Waals surface area contributed by atoms with Crippen LogP contribution in [0.3, 0.4) is 0 Å². The molecule has 3 rings (SSSR count). The number of hydrogen-bond acceptors (Lipinski definition) is 4. The first-order valence-electron chi connectivity index (χ1n) is 7.61. The zero-order chi connectivity index (χ0) is 16.9. The Bertz CT molecular complexity index is 838. The molecule has 0 saturated heterocycles. The molecule has 1 N–H and O–H groups in total. The molecule has 0 unspecified atom stereocenters. The molecule has 0 saturated carbocycles. The van der Waals surface area contributed by atoms with Crippen molar-refractivity contribution in [2.24, 2.45) is 0 Å². The van der Waals surface area contributed by atoms with E-state index in [1.165, 1.54) is 5.56 Å². The second-order valence-electron chi connectivity index (χ2n) is 5.47. The lowest BCUT2D eigenvalue weighted by Crippen LogP contribution is -2.15. The summed E-state index contributed by atoms with van der Waals surface area (Å²) in [5, 5.41) is 6.79. The van der Waals surface area contributed by atoms with E-state index in [2.05, 4.69) is 10.5 Å². The highest BCUT2D eigenvalue weighted by molar-refractivity contribution is 5.93. The Morgan fingerprint density at radius 1 is 1.17 bits per heavy atom. The number of benzene rings is 2. The Labute approximate surface area is 140 Å². The van der Waals surface area contributed by atoms with Crippen LogP contribution in [-0.2, 0) is 11.2 Å². The predicted octanol–water partition coefficient (Wildman–Crippen LogP) is 3.84. The number of aromatic nitrogens is 1. The molecule has 122 valence electrons. The van der Waals surface area contributed by atoms with E-state index in [1.807, 2.05) is 43.3 Å². The molecular weight excluding hydrogens is 304 g/mol.